The molecule has 2 rings (SSSR count). The first-order chi connectivity index (χ1) is 16.5. The average molecular weight is 593 g/mol. The Balaban J connectivity index is 1.88. The molecule has 1 aliphatic heterocycles. The van der Waals surface area contributed by atoms with Crippen molar-refractivity contribution in [1.29, 1.82) is 0 Å². The molecule has 0 radical (unpaired) electrons. The normalized spacial score (nSPS) is 18.2. The third kappa shape index (κ3) is 10.0. The second-order valence-electron chi connectivity index (χ2n) is 9.35. The van der Waals surface area contributed by atoms with Gasteiger partial charge < -0.3 is 14.6 Å². The lowest BCUT2D eigenvalue weighted by Crippen LogP contribution is -2.32. The number of hydrogen-bond acceptors (Lipinski definition) is 4. The van der Waals surface area contributed by atoms with Gasteiger partial charge in [-0.3, -0.25) is 4.79 Å². The number of aryl methyl sites for hydroxylation is 1. The zero-order valence-electron chi connectivity index (χ0n) is 21.4. The topological polar surface area (TPSA) is 72.8 Å². The summed E-state index contributed by atoms with van der Waals surface area (Å²) in [6.45, 7) is 9.56. The lowest BCUT2D eigenvalue weighted by atomic mass is 9.93. The van der Waals surface area contributed by atoms with E-state index in [-0.39, 0.29) is 5.97 Å². The first-order valence-electron chi connectivity index (χ1n) is 12.1. The van der Waals surface area contributed by atoms with Crippen molar-refractivity contribution in [3.05, 3.63) is 62.3 Å². The average Bonchev–Trinajstić information content (AvgIpc) is 2.75. The highest BCUT2D eigenvalue weighted by Gasteiger charge is 2.28. The van der Waals surface area contributed by atoms with Gasteiger partial charge in [-0.2, -0.15) is 0 Å². The van der Waals surface area contributed by atoms with Crippen LogP contribution in [0.5, 0.6) is 11.5 Å². The van der Waals surface area contributed by atoms with Crippen LogP contribution < -0.4 is 9.47 Å². The highest BCUT2D eigenvalue weighted by molar-refractivity contribution is 14.1. The molecule has 35 heavy (non-hydrogen) atoms. The number of carboxylic acids is 1. The summed E-state index contributed by atoms with van der Waals surface area (Å²) in [6.07, 6.45) is 16.0. The van der Waals surface area contributed by atoms with Gasteiger partial charge in [0, 0.05) is 18.1 Å². The zero-order chi connectivity index (χ0) is 26.0. The molecule has 1 aliphatic rings. The monoisotopic (exact) mass is 592 g/mol. The molecular formula is C29H37IO5. The van der Waals surface area contributed by atoms with Crippen LogP contribution in [0, 0.1) is 6.92 Å². The van der Waals surface area contributed by atoms with Crippen LogP contribution >= 0.6 is 22.6 Å². The van der Waals surface area contributed by atoms with E-state index in [4.69, 9.17) is 9.47 Å². The Labute approximate surface area is 223 Å². The lowest BCUT2D eigenvalue weighted by molar-refractivity contribution is -0.133. The van der Waals surface area contributed by atoms with Crippen molar-refractivity contribution in [2.75, 3.05) is 0 Å². The number of benzene rings is 1. The Kier molecular flexibility index (Phi) is 11.3. The van der Waals surface area contributed by atoms with Gasteiger partial charge in [0.25, 0.3) is 0 Å². The van der Waals surface area contributed by atoms with E-state index in [9.17, 15) is 14.7 Å². The van der Waals surface area contributed by atoms with Crippen molar-refractivity contribution in [2.24, 2.45) is 0 Å². The van der Waals surface area contributed by atoms with Gasteiger partial charge in [0.15, 0.2) is 0 Å². The second kappa shape index (κ2) is 13.7. The van der Waals surface area contributed by atoms with Gasteiger partial charge in [-0.05, 0) is 123 Å². The molecule has 0 spiro atoms. The summed E-state index contributed by atoms with van der Waals surface area (Å²) in [5.74, 6) is 0.191. The molecule has 0 saturated heterocycles. The molecule has 5 nitrogen and oxygen atoms in total. The predicted octanol–water partition coefficient (Wildman–Crippen LogP) is 8.11. The van der Waals surface area contributed by atoms with E-state index in [1.54, 1.807) is 0 Å². The number of hydrogen-bond donors (Lipinski definition) is 1. The number of allylic oxidation sites excluding steroid dienone is 5. The Bertz CT molecular complexity index is 1040. The third-order valence-corrected chi connectivity index (χ3v) is 6.34. The van der Waals surface area contributed by atoms with E-state index >= 15 is 0 Å². The Morgan fingerprint density at radius 2 is 1.83 bits per heavy atom. The molecule has 1 N–H and O–H groups in total. The van der Waals surface area contributed by atoms with Crippen LogP contribution in [0.4, 0.5) is 0 Å². The number of unbranched alkanes of at least 4 members (excludes halogenated alkanes) is 1. The molecule has 190 valence electrons. The number of fused-ring (bicyclic) bond motifs is 1. The van der Waals surface area contributed by atoms with Gasteiger partial charge in [0.1, 0.15) is 17.1 Å². The molecule has 0 aliphatic carbocycles. The van der Waals surface area contributed by atoms with Gasteiger partial charge in [0.05, 0.1) is 0 Å². The van der Waals surface area contributed by atoms with E-state index in [0.29, 0.717) is 17.7 Å². The van der Waals surface area contributed by atoms with Gasteiger partial charge in [0.2, 0.25) is 0 Å². The van der Waals surface area contributed by atoms with Gasteiger partial charge in [-0.15, -0.1) is 0 Å². The van der Waals surface area contributed by atoms with Crippen molar-refractivity contribution in [3.63, 3.8) is 0 Å². The largest absolute Gasteiger partial charge is 0.483 e. The minimum atomic E-state index is -0.813. The molecule has 0 saturated carbocycles. The summed E-state index contributed by atoms with van der Waals surface area (Å²) in [4.78, 5) is 22.8. The minimum Gasteiger partial charge on any atom is -0.483 e. The fourth-order valence-electron chi connectivity index (χ4n) is 3.99. The Morgan fingerprint density at radius 1 is 1.09 bits per heavy atom. The van der Waals surface area contributed by atoms with Crippen LogP contribution in [0.2, 0.25) is 0 Å². The standard InChI is InChI=1S/C29H37IO5/c1-20(10-8-14-24(28(32)33)13-7-6-12-22(3)30)11-9-16-29(5)17-15-25-19-26(34-23(4)31)18-21(2)27(25)35-29/h11-12,14-15,17-19H,6-10,13,16H2,1-5H3,(H,32,33)/b20-11+,22-12+,24-14-. The molecule has 6 heteroatoms. The SMILES string of the molecule is CC(=O)Oc1cc(C)c2c(c1)C=CC(C)(CC/C=C(\C)CC/C=C(/CCC/C=C(\C)I)C(=O)O)O2. The molecule has 1 unspecified atom stereocenters. The van der Waals surface area contributed by atoms with Gasteiger partial charge in [-0.1, -0.05) is 29.9 Å². The maximum Gasteiger partial charge on any atom is 0.331 e. The summed E-state index contributed by atoms with van der Waals surface area (Å²) in [5.41, 5.74) is 3.19. The Morgan fingerprint density at radius 3 is 2.49 bits per heavy atom. The van der Waals surface area contributed by atoms with Crippen LogP contribution in [0.3, 0.4) is 0 Å². The van der Waals surface area contributed by atoms with Crippen LogP contribution in [0.15, 0.2) is 51.2 Å². The summed E-state index contributed by atoms with van der Waals surface area (Å²) in [6, 6.07) is 3.65. The highest BCUT2D eigenvalue weighted by atomic mass is 127. The summed E-state index contributed by atoms with van der Waals surface area (Å²) < 4.78 is 12.8. The van der Waals surface area contributed by atoms with Crippen molar-refractivity contribution in [3.8, 4) is 11.5 Å². The molecule has 1 heterocycles. The summed E-state index contributed by atoms with van der Waals surface area (Å²) in [7, 11) is 0. The molecule has 0 bridgehead atoms. The van der Waals surface area contributed by atoms with Crippen molar-refractivity contribution < 1.29 is 24.2 Å². The molecule has 0 amide bonds. The predicted molar refractivity (Wildman–Crippen MR) is 150 cm³/mol. The fourth-order valence-corrected chi connectivity index (χ4v) is 4.31. The van der Waals surface area contributed by atoms with Crippen molar-refractivity contribution >= 4 is 40.6 Å². The van der Waals surface area contributed by atoms with Gasteiger partial charge >= 0.3 is 11.9 Å². The summed E-state index contributed by atoms with van der Waals surface area (Å²) >= 11 is 2.27. The highest BCUT2D eigenvalue weighted by Crippen LogP contribution is 2.38. The molecule has 0 fully saturated rings. The molecule has 1 aromatic carbocycles. The third-order valence-electron chi connectivity index (χ3n) is 5.90. The first kappa shape index (κ1) is 28.9. The van der Waals surface area contributed by atoms with E-state index < -0.39 is 11.6 Å². The number of carbonyl (C=O) groups is 2. The number of carbonyl (C=O) groups excluding carboxylic acids is 1. The lowest BCUT2D eigenvalue weighted by Gasteiger charge is -2.32. The van der Waals surface area contributed by atoms with Crippen LogP contribution in [0.25, 0.3) is 6.08 Å². The number of carboxylic acid groups (broad SMARTS) is 1. The van der Waals surface area contributed by atoms with Crippen LogP contribution in [0.1, 0.15) is 83.8 Å². The zero-order valence-corrected chi connectivity index (χ0v) is 23.6. The van der Waals surface area contributed by atoms with E-state index in [1.807, 2.05) is 38.1 Å². The number of halogens is 1. The number of esters is 1. The molecule has 1 atom stereocenters. The van der Waals surface area contributed by atoms with Gasteiger partial charge in [-0.25, -0.2) is 4.79 Å². The number of ether oxygens (including phenoxy) is 2. The molecule has 1 aromatic rings. The quantitative estimate of drug-likeness (QED) is 0.0663. The van der Waals surface area contributed by atoms with E-state index in [2.05, 4.69) is 54.7 Å². The van der Waals surface area contributed by atoms with Crippen molar-refractivity contribution in [2.45, 2.75) is 85.2 Å². The van der Waals surface area contributed by atoms with E-state index in [0.717, 1.165) is 55.4 Å². The molecular weight excluding hydrogens is 555 g/mol. The Hall–Kier alpha value is -2.35. The maximum absolute atomic E-state index is 11.5. The first-order valence-corrected chi connectivity index (χ1v) is 13.2. The number of rotatable bonds is 12. The summed E-state index contributed by atoms with van der Waals surface area (Å²) in [5, 5.41) is 9.46. The molecule has 0 aromatic heterocycles. The van der Waals surface area contributed by atoms with Crippen LogP contribution in [-0.4, -0.2) is 22.6 Å². The van der Waals surface area contributed by atoms with Crippen molar-refractivity contribution in [1.82, 2.24) is 0 Å². The maximum atomic E-state index is 11.5. The fraction of sp³-hybridized carbons (Fsp3) is 0.448. The van der Waals surface area contributed by atoms with Crippen LogP contribution in [-0.2, 0) is 9.59 Å². The number of aliphatic carboxylic acids is 1. The van der Waals surface area contributed by atoms with E-state index in [1.165, 1.54) is 16.1 Å². The smallest absolute Gasteiger partial charge is 0.331 e. The second-order valence-corrected chi connectivity index (χ2v) is 11.0. The minimum absolute atomic E-state index is 0.342.